The van der Waals surface area contributed by atoms with Gasteiger partial charge in [-0.15, -0.1) is 11.8 Å². The summed E-state index contributed by atoms with van der Waals surface area (Å²) >= 11 is 1.73. The normalized spacial score (nSPS) is 13.1. The van der Waals surface area contributed by atoms with Crippen molar-refractivity contribution in [3.05, 3.63) is 48.0 Å². The number of rotatable bonds is 4. The molecule has 1 aliphatic rings. The minimum atomic E-state index is -0.111. The molecule has 0 unspecified atom stereocenters. The number of fused-ring (bicyclic) bond motifs is 1. The lowest BCUT2D eigenvalue weighted by Gasteiger charge is -2.18. The predicted octanol–water partition coefficient (Wildman–Crippen LogP) is 3.35. The molecular weight excluding hydrogens is 284 g/mol. The molecule has 0 saturated heterocycles. The molecule has 0 radical (unpaired) electrons. The molecule has 3 rings (SSSR count). The second-order valence-corrected chi connectivity index (χ2v) is 5.63. The highest BCUT2D eigenvalue weighted by Gasteiger charge is 2.15. The molecule has 108 valence electrons. The number of ether oxygens (including phenoxy) is 1. The number of carbonyl (C=O) groups is 1. The average Bonchev–Trinajstić information content (AvgIpc) is 2.53. The van der Waals surface area contributed by atoms with Gasteiger partial charge in [-0.25, -0.2) is 0 Å². The second-order valence-electron chi connectivity index (χ2n) is 4.75. The van der Waals surface area contributed by atoms with Crippen LogP contribution in [-0.4, -0.2) is 18.8 Å². The smallest absolute Gasteiger partial charge is 0.262 e. The van der Waals surface area contributed by atoms with Crippen LogP contribution >= 0.6 is 11.8 Å². The summed E-state index contributed by atoms with van der Waals surface area (Å²) in [5.41, 5.74) is 2.91. The summed E-state index contributed by atoms with van der Waals surface area (Å²) in [6, 6.07) is 14.1. The minimum absolute atomic E-state index is 0.0897. The summed E-state index contributed by atoms with van der Waals surface area (Å²) in [5.74, 6) is 0.614. The molecule has 0 bridgehead atoms. The Labute approximate surface area is 127 Å². The van der Waals surface area contributed by atoms with Gasteiger partial charge in [-0.2, -0.15) is 0 Å². The Morgan fingerprint density at radius 2 is 2.05 bits per heavy atom. The number of thioether (sulfide) groups is 1. The van der Waals surface area contributed by atoms with Gasteiger partial charge in [0.05, 0.1) is 5.69 Å². The Balaban J connectivity index is 1.67. The van der Waals surface area contributed by atoms with Gasteiger partial charge in [-0.05, 0) is 48.2 Å². The van der Waals surface area contributed by atoms with Crippen LogP contribution in [0.3, 0.4) is 0 Å². The Morgan fingerprint density at radius 1 is 1.24 bits per heavy atom. The topological polar surface area (TPSA) is 50.4 Å². The fourth-order valence-corrected chi connectivity index (χ4v) is 2.56. The molecule has 0 aromatic heterocycles. The lowest BCUT2D eigenvalue weighted by atomic mass is 10.1. The molecule has 0 spiro atoms. The highest BCUT2D eigenvalue weighted by atomic mass is 32.2. The maximum Gasteiger partial charge on any atom is 0.262 e. The number of benzene rings is 2. The van der Waals surface area contributed by atoms with Crippen molar-refractivity contribution in [1.82, 2.24) is 0 Å². The third-order valence-electron chi connectivity index (χ3n) is 3.26. The zero-order chi connectivity index (χ0) is 14.7. The molecule has 1 amide bonds. The van der Waals surface area contributed by atoms with E-state index in [0.717, 1.165) is 22.7 Å². The minimum Gasteiger partial charge on any atom is -0.482 e. The molecule has 0 fully saturated rings. The van der Waals surface area contributed by atoms with Gasteiger partial charge in [0.25, 0.3) is 5.91 Å². The summed E-state index contributed by atoms with van der Waals surface area (Å²) in [7, 11) is 0. The first-order chi connectivity index (χ1) is 10.2. The zero-order valence-electron chi connectivity index (χ0n) is 11.7. The van der Waals surface area contributed by atoms with Crippen LogP contribution in [0, 0.1) is 0 Å². The van der Waals surface area contributed by atoms with Crippen LogP contribution in [0.2, 0.25) is 0 Å². The van der Waals surface area contributed by atoms with Gasteiger partial charge in [0, 0.05) is 17.1 Å². The van der Waals surface area contributed by atoms with Crippen molar-refractivity contribution in [2.45, 2.75) is 11.4 Å². The van der Waals surface area contributed by atoms with E-state index >= 15 is 0 Å². The molecular formula is C16H16N2O2S. The lowest BCUT2D eigenvalue weighted by molar-refractivity contribution is -0.118. The largest absolute Gasteiger partial charge is 0.482 e. The predicted molar refractivity (Wildman–Crippen MR) is 86.1 cm³/mol. The number of hydrogen-bond donors (Lipinski definition) is 2. The fourth-order valence-electron chi connectivity index (χ4n) is 2.15. The molecule has 1 heterocycles. The summed E-state index contributed by atoms with van der Waals surface area (Å²) in [6.07, 6.45) is 2.06. The number of amides is 1. The van der Waals surface area contributed by atoms with Crippen molar-refractivity contribution < 1.29 is 9.53 Å². The zero-order valence-corrected chi connectivity index (χ0v) is 12.5. The molecule has 2 N–H and O–H groups in total. The summed E-state index contributed by atoms with van der Waals surface area (Å²) in [6.45, 7) is 0.786. The molecule has 5 heteroatoms. The van der Waals surface area contributed by atoms with Crippen molar-refractivity contribution >= 4 is 29.0 Å². The third-order valence-corrected chi connectivity index (χ3v) is 4.01. The quantitative estimate of drug-likeness (QED) is 0.850. The standard InChI is InChI=1S/C16H16N2O2S/c1-21-13-5-3-12(4-6-13)17-9-11-2-7-15-14(8-11)18-16(19)10-20-15/h2-8,17H,9-10H2,1H3,(H,18,19). The summed E-state index contributed by atoms with van der Waals surface area (Å²) < 4.78 is 5.34. The maximum atomic E-state index is 11.3. The maximum absolute atomic E-state index is 11.3. The molecule has 1 aliphatic heterocycles. The Kier molecular flexibility index (Phi) is 4.01. The summed E-state index contributed by atoms with van der Waals surface area (Å²) in [5, 5.41) is 6.19. The monoisotopic (exact) mass is 300 g/mol. The van der Waals surface area contributed by atoms with Crippen molar-refractivity contribution in [3.63, 3.8) is 0 Å². The van der Waals surface area contributed by atoms with Gasteiger partial charge in [0.15, 0.2) is 6.61 Å². The van der Waals surface area contributed by atoms with Gasteiger partial charge in [-0.1, -0.05) is 6.07 Å². The lowest BCUT2D eigenvalue weighted by Crippen LogP contribution is -2.25. The SMILES string of the molecule is CSc1ccc(NCc2ccc3c(c2)NC(=O)CO3)cc1. The molecule has 0 atom stereocenters. The first kappa shape index (κ1) is 13.8. The third kappa shape index (κ3) is 3.31. The van der Waals surface area contributed by atoms with Crippen molar-refractivity contribution in [2.75, 3.05) is 23.5 Å². The van der Waals surface area contributed by atoms with Crippen LogP contribution in [-0.2, 0) is 11.3 Å². The first-order valence-corrected chi connectivity index (χ1v) is 7.90. The average molecular weight is 300 g/mol. The van der Waals surface area contributed by atoms with Crippen LogP contribution in [0.1, 0.15) is 5.56 Å². The molecule has 21 heavy (non-hydrogen) atoms. The Hall–Kier alpha value is -2.14. The Bertz CT molecular complexity index is 656. The second kappa shape index (κ2) is 6.10. The van der Waals surface area contributed by atoms with Crippen LogP contribution in [0.25, 0.3) is 0 Å². The number of nitrogens with one attached hydrogen (secondary N) is 2. The molecule has 2 aromatic carbocycles. The van der Waals surface area contributed by atoms with E-state index in [1.807, 2.05) is 18.2 Å². The summed E-state index contributed by atoms with van der Waals surface area (Å²) in [4.78, 5) is 12.6. The number of carbonyl (C=O) groups excluding carboxylic acids is 1. The van der Waals surface area contributed by atoms with Crippen molar-refractivity contribution in [2.24, 2.45) is 0 Å². The molecule has 2 aromatic rings. The number of anilines is 2. The first-order valence-electron chi connectivity index (χ1n) is 6.68. The van der Waals surface area contributed by atoms with Crippen molar-refractivity contribution in [3.8, 4) is 5.75 Å². The Morgan fingerprint density at radius 3 is 2.81 bits per heavy atom. The van der Waals surface area contributed by atoms with E-state index in [9.17, 15) is 4.79 Å². The van der Waals surface area contributed by atoms with Crippen LogP contribution in [0.15, 0.2) is 47.4 Å². The van der Waals surface area contributed by atoms with E-state index in [4.69, 9.17) is 4.74 Å². The van der Waals surface area contributed by atoms with E-state index < -0.39 is 0 Å². The van der Waals surface area contributed by atoms with E-state index in [2.05, 4.69) is 41.2 Å². The number of hydrogen-bond acceptors (Lipinski definition) is 4. The fraction of sp³-hybridized carbons (Fsp3) is 0.188. The van der Waals surface area contributed by atoms with Crippen molar-refractivity contribution in [1.29, 1.82) is 0 Å². The highest BCUT2D eigenvalue weighted by Crippen LogP contribution is 2.28. The van der Waals surface area contributed by atoms with E-state index in [1.165, 1.54) is 4.90 Å². The molecule has 0 aliphatic carbocycles. The van der Waals surface area contributed by atoms with Gasteiger partial charge >= 0.3 is 0 Å². The van der Waals surface area contributed by atoms with Crippen LogP contribution < -0.4 is 15.4 Å². The van der Waals surface area contributed by atoms with Gasteiger partial charge < -0.3 is 15.4 Å². The van der Waals surface area contributed by atoms with E-state index in [0.29, 0.717) is 6.54 Å². The molecule has 4 nitrogen and oxygen atoms in total. The van der Waals surface area contributed by atoms with Gasteiger partial charge in [0.2, 0.25) is 0 Å². The van der Waals surface area contributed by atoms with Gasteiger partial charge in [0.1, 0.15) is 5.75 Å². The van der Waals surface area contributed by atoms with E-state index in [1.54, 1.807) is 11.8 Å². The van der Waals surface area contributed by atoms with Gasteiger partial charge in [-0.3, -0.25) is 4.79 Å². The highest BCUT2D eigenvalue weighted by molar-refractivity contribution is 7.98. The van der Waals surface area contributed by atoms with E-state index in [-0.39, 0.29) is 12.5 Å². The van der Waals surface area contributed by atoms with Crippen LogP contribution in [0.4, 0.5) is 11.4 Å². The van der Waals surface area contributed by atoms with Crippen LogP contribution in [0.5, 0.6) is 5.75 Å². The molecule has 0 saturated carbocycles.